The molecule has 0 saturated carbocycles. The Kier molecular flexibility index (Phi) is 5.63. The molecule has 0 unspecified atom stereocenters. The van der Waals surface area contributed by atoms with Crippen LogP contribution in [0.3, 0.4) is 0 Å². The van der Waals surface area contributed by atoms with Crippen LogP contribution in [0.25, 0.3) is 11.3 Å². The van der Waals surface area contributed by atoms with Gasteiger partial charge in [-0.15, -0.1) is 11.3 Å². The Bertz CT molecular complexity index is 660. The molecule has 2 heterocycles. The van der Waals surface area contributed by atoms with Gasteiger partial charge in [0, 0.05) is 17.5 Å². The number of hydrogen-bond donors (Lipinski definition) is 1. The molecule has 1 amide bonds. The highest BCUT2D eigenvalue weighted by Crippen LogP contribution is 2.25. The molecule has 0 aliphatic carbocycles. The zero-order valence-corrected chi connectivity index (χ0v) is 15.2. The van der Waals surface area contributed by atoms with Gasteiger partial charge in [0.2, 0.25) is 5.91 Å². The van der Waals surface area contributed by atoms with Gasteiger partial charge in [-0.05, 0) is 39.8 Å². The SMILES string of the molecule is CC(C)N1CCC(C(=O)NCc2scnc2-c2ccccc2)CC1. The Hall–Kier alpha value is -1.72. The first-order chi connectivity index (χ1) is 11.6. The van der Waals surface area contributed by atoms with E-state index < -0.39 is 0 Å². The fraction of sp³-hybridized carbons (Fsp3) is 0.474. The molecule has 4 nitrogen and oxygen atoms in total. The second kappa shape index (κ2) is 7.90. The summed E-state index contributed by atoms with van der Waals surface area (Å²) in [6.07, 6.45) is 1.91. The molecule has 1 N–H and O–H groups in total. The van der Waals surface area contributed by atoms with E-state index in [1.807, 2.05) is 23.7 Å². The zero-order chi connectivity index (χ0) is 16.9. The van der Waals surface area contributed by atoms with Crippen molar-refractivity contribution in [1.82, 2.24) is 15.2 Å². The first kappa shape index (κ1) is 17.1. The Morgan fingerprint density at radius 1 is 1.29 bits per heavy atom. The molecule has 1 saturated heterocycles. The number of aromatic nitrogens is 1. The molecule has 0 spiro atoms. The Morgan fingerprint density at radius 2 is 2.00 bits per heavy atom. The molecule has 128 valence electrons. The molecule has 0 radical (unpaired) electrons. The van der Waals surface area contributed by atoms with Crippen LogP contribution >= 0.6 is 11.3 Å². The average Bonchev–Trinajstić information content (AvgIpc) is 3.09. The van der Waals surface area contributed by atoms with Crippen LogP contribution in [0.2, 0.25) is 0 Å². The molecule has 1 aromatic carbocycles. The summed E-state index contributed by atoms with van der Waals surface area (Å²) in [4.78, 5) is 20.5. The minimum Gasteiger partial charge on any atom is -0.351 e. The van der Waals surface area contributed by atoms with Crippen molar-refractivity contribution in [2.75, 3.05) is 13.1 Å². The maximum atomic E-state index is 12.5. The monoisotopic (exact) mass is 343 g/mol. The van der Waals surface area contributed by atoms with E-state index in [4.69, 9.17) is 0 Å². The maximum Gasteiger partial charge on any atom is 0.223 e. The third kappa shape index (κ3) is 4.02. The molecule has 0 atom stereocenters. The van der Waals surface area contributed by atoms with E-state index in [-0.39, 0.29) is 11.8 Å². The number of carbonyl (C=O) groups is 1. The number of nitrogens with zero attached hydrogens (tertiary/aromatic N) is 2. The summed E-state index contributed by atoms with van der Waals surface area (Å²) in [7, 11) is 0. The van der Waals surface area contributed by atoms with Crippen molar-refractivity contribution >= 4 is 17.2 Å². The van der Waals surface area contributed by atoms with Crippen LogP contribution in [0.4, 0.5) is 0 Å². The number of nitrogens with one attached hydrogen (secondary N) is 1. The van der Waals surface area contributed by atoms with Gasteiger partial charge in [0.05, 0.1) is 22.6 Å². The summed E-state index contributed by atoms with van der Waals surface area (Å²) in [5.41, 5.74) is 3.94. The third-order valence-electron chi connectivity index (χ3n) is 4.74. The van der Waals surface area contributed by atoms with E-state index in [9.17, 15) is 4.79 Å². The van der Waals surface area contributed by atoms with Gasteiger partial charge in [0.25, 0.3) is 0 Å². The fourth-order valence-corrected chi connectivity index (χ4v) is 3.94. The normalized spacial score (nSPS) is 16.5. The van der Waals surface area contributed by atoms with Crippen LogP contribution in [0.5, 0.6) is 0 Å². The first-order valence-electron chi connectivity index (χ1n) is 8.64. The molecule has 2 aromatic rings. The molecule has 1 aromatic heterocycles. The molecular formula is C19H25N3OS. The topological polar surface area (TPSA) is 45.2 Å². The Balaban J connectivity index is 1.55. The molecule has 1 aliphatic rings. The summed E-state index contributed by atoms with van der Waals surface area (Å²) in [6.45, 7) is 7.04. The van der Waals surface area contributed by atoms with Crippen LogP contribution in [0.15, 0.2) is 35.8 Å². The predicted octanol–water partition coefficient (Wildman–Crippen LogP) is 3.55. The number of carbonyl (C=O) groups excluding carboxylic acids is 1. The van der Waals surface area contributed by atoms with Crippen molar-refractivity contribution < 1.29 is 4.79 Å². The maximum absolute atomic E-state index is 12.5. The number of rotatable bonds is 5. The van der Waals surface area contributed by atoms with Gasteiger partial charge in [-0.25, -0.2) is 4.98 Å². The van der Waals surface area contributed by atoms with Crippen LogP contribution in [-0.4, -0.2) is 34.9 Å². The molecule has 5 heteroatoms. The minimum absolute atomic E-state index is 0.146. The third-order valence-corrected chi connectivity index (χ3v) is 5.57. The van der Waals surface area contributed by atoms with Gasteiger partial charge in [-0.1, -0.05) is 30.3 Å². The molecular weight excluding hydrogens is 318 g/mol. The van der Waals surface area contributed by atoms with E-state index in [1.165, 1.54) is 0 Å². The summed E-state index contributed by atoms with van der Waals surface area (Å²) in [6, 6.07) is 10.7. The molecule has 1 fully saturated rings. The lowest BCUT2D eigenvalue weighted by Gasteiger charge is -2.33. The Morgan fingerprint density at radius 3 is 2.67 bits per heavy atom. The van der Waals surface area contributed by atoms with Crippen LogP contribution in [0.1, 0.15) is 31.6 Å². The number of piperidine rings is 1. The minimum atomic E-state index is 0.146. The molecule has 0 bridgehead atoms. The second-order valence-electron chi connectivity index (χ2n) is 6.61. The lowest BCUT2D eigenvalue weighted by Crippen LogP contribution is -2.42. The van der Waals surface area contributed by atoms with E-state index >= 15 is 0 Å². The van der Waals surface area contributed by atoms with Crippen LogP contribution in [-0.2, 0) is 11.3 Å². The zero-order valence-electron chi connectivity index (χ0n) is 14.4. The van der Waals surface area contributed by atoms with Gasteiger partial charge < -0.3 is 10.2 Å². The lowest BCUT2D eigenvalue weighted by atomic mass is 9.95. The van der Waals surface area contributed by atoms with Crippen molar-refractivity contribution in [2.45, 2.75) is 39.3 Å². The largest absolute Gasteiger partial charge is 0.351 e. The quantitative estimate of drug-likeness (QED) is 0.903. The highest BCUT2D eigenvalue weighted by molar-refractivity contribution is 7.10. The second-order valence-corrected chi connectivity index (χ2v) is 7.55. The first-order valence-corrected chi connectivity index (χ1v) is 9.52. The Labute approximate surface area is 147 Å². The van der Waals surface area contributed by atoms with Crippen molar-refractivity contribution in [3.63, 3.8) is 0 Å². The van der Waals surface area contributed by atoms with Gasteiger partial charge in [0.1, 0.15) is 0 Å². The smallest absolute Gasteiger partial charge is 0.223 e. The highest BCUT2D eigenvalue weighted by Gasteiger charge is 2.26. The number of benzene rings is 1. The summed E-state index contributed by atoms with van der Waals surface area (Å²) in [5, 5.41) is 3.12. The number of amides is 1. The van der Waals surface area contributed by atoms with Crippen molar-refractivity contribution in [1.29, 1.82) is 0 Å². The van der Waals surface area contributed by atoms with Gasteiger partial charge in [0.15, 0.2) is 0 Å². The van der Waals surface area contributed by atoms with Gasteiger partial charge >= 0.3 is 0 Å². The van der Waals surface area contributed by atoms with Gasteiger partial charge in [-0.2, -0.15) is 0 Å². The highest BCUT2D eigenvalue weighted by atomic mass is 32.1. The van der Waals surface area contributed by atoms with E-state index in [2.05, 4.69) is 41.2 Å². The molecule has 1 aliphatic heterocycles. The predicted molar refractivity (Wildman–Crippen MR) is 98.8 cm³/mol. The number of thiazole rings is 1. The number of likely N-dealkylation sites (tertiary alicyclic amines) is 1. The summed E-state index contributed by atoms with van der Waals surface area (Å²) >= 11 is 1.60. The molecule has 24 heavy (non-hydrogen) atoms. The van der Waals surface area contributed by atoms with Crippen LogP contribution in [0, 0.1) is 5.92 Å². The summed E-state index contributed by atoms with van der Waals surface area (Å²) < 4.78 is 0. The molecule has 3 rings (SSSR count). The van der Waals surface area contributed by atoms with E-state index in [0.29, 0.717) is 12.6 Å². The average molecular weight is 343 g/mol. The summed E-state index contributed by atoms with van der Waals surface area (Å²) in [5.74, 6) is 0.332. The standard InChI is InChI=1S/C19H25N3OS/c1-14(2)22-10-8-16(9-11-22)19(23)20-12-17-18(21-13-24-17)15-6-4-3-5-7-15/h3-7,13-14,16H,8-12H2,1-2H3,(H,20,23). The van der Waals surface area contributed by atoms with Crippen molar-refractivity contribution in [2.24, 2.45) is 5.92 Å². The van der Waals surface area contributed by atoms with E-state index in [1.54, 1.807) is 11.3 Å². The van der Waals surface area contributed by atoms with E-state index in [0.717, 1.165) is 42.1 Å². The van der Waals surface area contributed by atoms with Crippen LogP contribution < -0.4 is 5.32 Å². The van der Waals surface area contributed by atoms with Crippen molar-refractivity contribution in [3.05, 3.63) is 40.7 Å². The number of hydrogen-bond acceptors (Lipinski definition) is 4. The lowest BCUT2D eigenvalue weighted by molar-refractivity contribution is -0.126. The fourth-order valence-electron chi connectivity index (χ4n) is 3.22. The van der Waals surface area contributed by atoms with Gasteiger partial charge in [-0.3, -0.25) is 4.79 Å². The van der Waals surface area contributed by atoms with Crippen molar-refractivity contribution in [3.8, 4) is 11.3 Å².